The summed E-state index contributed by atoms with van der Waals surface area (Å²) in [4.78, 5) is 4.36. The van der Waals surface area contributed by atoms with Crippen LogP contribution < -0.4 is 20.5 Å². The van der Waals surface area contributed by atoms with Gasteiger partial charge in [-0.1, -0.05) is 13.0 Å². The van der Waals surface area contributed by atoms with Crippen LogP contribution in [0.4, 0.5) is 0 Å². The summed E-state index contributed by atoms with van der Waals surface area (Å²) in [5, 5.41) is 7.34. The predicted molar refractivity (Wildman–Crippen MR) is 110 cm³/mol. The van der Waals surface area contributed by atoms with E-state index < -0.39 is 0 Å². The number of methoxy groups -OCH3 is 2. The van der Waals surface area contributed by atoms with E-state index in [1.165, 1.54) is 0 Å². The minimum atomic E-state index is 0. The number of guanidine groups is 1. The molecular weight excluding hydrogens is 433 g/mol. The fourth-order valence-electron chi connectivity index (χ4n) is 2.28. The molecule has 1 aromatic heterocycles. The van der Waals surface area contributed by atoms with E-state index in [4.69, 9.17) is 15.2 Å². The molecule has 0 saturated heterocycles. The number of nitrogens with zero attached hydrogens (tertiary/aromatic N) is 3. The molecule has 8 heteroatoms. The molecule has 3 N–H and O–H groups in total. The summed E-state index contributed by atoms with van der Waals surface area (Å²) in [5.74, 6) is 2.20. The first-order valence-corrected chi connectivity index (χ1v) is 7.84. The van der Waals surface area contributed by atoms with Gasteiger partial charge < -0.3 is 20.5 Å². The Morgan fingerprint density at radius 1 is 1.32 bits per heavy atom. The Morgan fingerprint density at radius 3 is 2.72 bits per heavy atom. The molecule has 0 amide bonds. The van der Waals surface area contributed by atoms with Crippen LogP contribution in [0.15, 0.2) is 41.7 Å². The van der Waals surface area contributed by atoms with Crippen LogP contribution in [-0.4, -0.2) is 36.5 Å². The number of hydrogen-bond donors (Lipinski definition) is 2. The SMILES string of the molecule is COc1ccc(CN=C(N)NCC(C)Cn2cccn2)cc1OC.I. The van der Waals surface area contributed by atoms with E-state index in [1.807, 2.05) is 35.1 Å². The molecule has 1 atom stereocenters. The van der Waals surface area contributed by atoms with Gasteiger partial charge >= 0.3 is 0 Å². The third-order valence-electron chi connectivity index (χ3n) is 3.57. The highest BCUT2D eigenvalue weighted by Crippen LogP contribution is 2.27. The van der Waals surface area contributed by atoms with Gasteiger partial charge in [0.2, 0.25) is 0 Å². The van der Waals surface area contributed by atoms with Gasteiger partial charge in [0, 0.05) is 25.5 Å². The number of ether oxygens (including phenoxy) is 2. The first-order valence-electron chi connectivity index (χ1n) is 7.84. The fourth-order valence-corrected chi connectivity index (χ4v) is 2.28. The van der Waals surface area contributed by atoms with Crippen LogP contribution in [0.5, 0.6) is 11.5 Å². The average Bonchev–Trinajstić information content (AvgIpc) is 3.10. The number of aromatic nitrogens is 2. The second kappa shape index (κ2) is 10.8. The standard InChI is InChI=1S/C17H25N5O2.HI/c1-13(12-22-8-4-7-21-22)10-19-17(18)20-11-14-5-6-15(23-2)16(9-14)24-3;/h4-9,13H,10-12H2,1-3H3,(H3,18,19,20);1H. The van der Waals surface area contributed by atoms with Gasteiger partial charge in [0.15, 0.2) is 17.5 Å². The molecule has 2 aromatic rings. The second-order valence-electron chi connectivity index (χ2n) is 5.60. The second-order valence-corrected chi connectivity index (χ2v) is 5.60. The van der Waals surface area contributed by atoms with E-state index in [0.29, 0.717) is 29.9 Å². The minimum Gasteiger partial charge on any atom is -0.493 e. The molecule has 2 rings (SSSR count). The number of aliphatic imine (C=N–C) groups is 1. The highest BCUT2D eigenvalue weighted by Gasteiger charge is 2.05. The Bertz CT molecular complexity index is 661. The molecule has 0 aliphatic carbocycles. The molecule has 7 nitrogen and oxygen atoms in total. The number of benzene rings is 1. The molecule has 1 unspecified atom stereocenters. The van der Waals surface area contributed by atoms with E-state index in [0.717, 1.165) is 18.7 Å². The maximum atomic E-state index is 5.93. The van der Waals surface area contributed by atoms with Crippen molar-refractivity contribution in [1.29, 1.82) is 0 Å². The van der Waals surface area contributed by atoms with Crippen LogP contribution in [0.1, 0.15) is 12.5 Å². The summed E-state index contributed by atoms with van der Waals surface area (Å²) in [7, 11) is 3.23. The molecule has 1 aromatic carbocycles. The van der Waals surface area contributed by atoms with Crippen LogP contribution in [0.25, 0.3) is 0 Å². The Hall–Kier alpha value is -1.97. The molecule has 138 valence electrons. The molecule has 0 spiro atoms. The Kier molecular flexibility index (Phi) is 9.11. The van der Waals surface area contributed by atoms with E-state index in [1.54, 1.807) is 20.4 Å². The van der Waals surface area contributed by atoms with Gasteiger partial charge in [-0.2, -0.15) is 5.10 Å². The van der Waals surface area contributed by atoms with Crippen LogP contribution >= 0.6 is 24.0 Å². The Labute approximate surface area is 165 Å². The molecule has 0 saturated carbocycles. The van der Waals surface area contributed by atoms with Gasteiger partial charge in [0.25, 0.3) is 0 Å². The molecule has 0 radical (unpaired) electrons. The summed E-state index contributed by atoms with van der Waals surface area (Å²) in [6.07, 6.45) is 3.73. The normalized spacial score (nSPS) is 12.2. The van der Waals surface area contributed by atoms with E-state index in [9.17, 15) is 0 Å². The van der Waals surface area contributed by atoms with Gasteiger partial charge in [0.05, 0.1) is 20.8 Å². The maximum absolute atomic E-state index is 5.93. The zero-order valence-electron chi connectivity index (χ0n) is 14.8. The summed E-state index contributed by atoms with van der Waals surface area (Å²) >= 11 is 0. The maximum Gasteiger partial charge on any atom is 0.188 e. The first kappa shape index (κ1) is 21.1. The zero-order chi connectivity index (χ0) is 17.4. The molecule has 0 aliphatic rings. The van der Waals surface area contributed by atoms with Crippen LogP contribution in [0, 0.1) is 5.92 Å². The number of nitrogens with one attached hydrogen (secondary N) is 1. The molecule has 0 bridgehead atoms. The lowest BCUT2D eigenvalue weighted by Crippen LogP contribution is -2.35. The molecule has 25 heavy (non-hydrogen) atoms. The summed E-state index contributed by atoms with van der Waals surface area (Å²) in [6, 6.07) is 7.62. The van der Waals surface area contributed by atoms with Crippen molar-refractivity contribution in [2.24, 2.45) is 16.6 Å². The van der Waals surface area contributed by atoms with Gasteiger partial charge in [-0.15, -0.1) is 24.0 Å². The van der Waals surface area contributed by atoms with E-state index in [2.05, 4.69) is 22.3 Å². The zero-order valence-corrected chi connectivity index (χ0v) is 17.1. The highest BCUT2D eigenvalue weighted by atomic mass is 127. The van der Waals surface area contributed by atoms with Gasteiger partial charge in [-0.25, -0.2) is 4.99 Å². The number of nitrogens with two attached hydrogens (primary N) is 1. The van der Waals surface area contributed by atoms with Gasteiger partial charge in [0.1, 0.15) is 0 Å². The highest BCUT2D eigenvalue weighted by molar-refractivity contribution is 14.0. The quantitative estimate of drug-likeness (QED) is 0.360. The lowest BCUT2D eigenvalue weighted by molar-refractivity contribution is 0.354. The van der Waals surface area contributed by atoms with E-state index >= 15 is 0 Å². The lowest BCUT2D eigenvalue weighted by Gasteiger charge is -2.13. The van der Waals surface area contributed by atoms with E-state index in [-0.39, 0.29) is 24.0 Å². The third-order valence-corrected chi connectivity index (χ3v) is 3.57. The van der Waals surface area contributed by atoms with Crippen LogP contribution in [-0.2, 0) is 13.1 Å². The monoisotopic (exact) mass is 459 g/mol. The molecule has 0 fully saturated rings. The number of hydrogen-bond acceptors (Lipinski definition) is 4. The van der Waals surface area contributed by atoms with Crippen molar-refractivity contribution >= 4 is 29.9 Å². The van der Waals surface area contributed by atoms with Gasteiger partial charge in [-0.05, 0) is 29.7 Å². The predicted octanol–water partition coefficient (Wildman–Crippen LogP) is 2.26. The van der Waals surface area contributed by atoms with Crippen LogP contribution in [0.2, 0.25) is 0 Å². The van der Waals surface area contributed by atoms with Crippen molar-refractivity contribution in [1.82, 2.24) is 15.1 Å². The number of rotatable bonds is 8. The van der Waals surface area contributed by atoms with Crippen molar-refractivity contribution in [2.75, 3.05) is 20.8 Å². The minimum absolute atomic E-state index is 0. The molecular formula is C17H26IN5O2. The van der Waals surface area contributed by atoms with Crippen molar-refractivity contribution in [3.8, 4) is 11.5 Å². The van der Waals surface area contributed by atoms with Crippen LogP contribution in [0.3, 0.4) is 0 Å². The molecule has 1 heterocycles. The van der Waals surface area contributed by atoms with Crippen molar-refractivity contribution in [3.63, 3.8) is 0 Å². The topological polar surface area (TPSA) is 86.7 Å². The van der Waals surface area contributed by atoms with Crippen molar-refractivity contribution in [3.05, 3.63) is 42.2 Å². The first-order chi connectivity index (χ1) is 11.6. The smallest absolute Gasteiger partial charge is 0.188 e. The summed E-state index contributed by atoms with van der Waals surface area (Å²) in [6.45, 7) is 4.19. The Balaban J connectivity index is 0.00000312. The number of halogens is 1. The fraction of sp³-hybridized carbons (Fsp3) is 0.412. The average molecular weight is 459 g/mol. The van der Waals surface area contributed by atoms with Gasteiger partial charge in [-0.3, -0.25) is 4.68 Å². The third kappa shape index (κ3) is 6.81. The summed E-state index contributed by atoms with van der Waals surface area (Å²) in [5.41, 5.74) is 6.93. The lowest BCUT2D eigenvalue weighted by atomic mass is 10.2. The van der Waals surface area contributed by atoms with Crippen molar-refractivity contribution in [2.45, 2.75) is 20.0 Å². The largest absolute Gasteiger partial charge is 0.493 e. The molecule has 0 aliphatic heterocycles. The summed E-state index contributed by atoms with van der Waals surface area (Å²) < 4.78 is 12.4. The Morgan fingerprint density at radius 2 is 2.08 bits per heavy atom. The van der Waals surface area contributed by atoms with Crippen molar-refractivity contribution < 1.29 is 9.47 Å².